The van der Waals surface area contributed by atoms with Gasteiger partial charge >= 0.3 is 5.97 Å². The lowest BCUT2D eigenvalue weighted by molar-refractivity contribution is 0.0513. The van der Waals surface area contributed by atoms with Crippen molar-refractivity contribution < 1.29 is 18.3 Å². The van der Waals surface area contributed by atoms with Crippen LogP contribution in [0.1, 0.15) is 28.5 Å². The van der Waals surface area contributed by atoms with E-state index in [1.54, 1.807) is 30.7 Å². The van der Waals surface area contributed by atoms with E-state index >= 15 is 0 Å². The summed E-state index contributed by atoms with van der Waals surface area (Å²) in [5, 5.41) is 0. The first-order chi connectivity index (χ1) is 9.52. The summed E-state index contributed by atoms with van der Waals surface area (Å²) in [6.07, 6.45) is 1.68. The minimum atomic E-state index is -0.633. The van der Waals surface area contributed by atoms with Gasteiger partial charge in [-0.3, -0.25) is 0 Å². The van der Waals surface area contributed by atoms with Crippen LogP contribution in [0, 0.1) is 18.6 Å². The van der Waals surface area contributed by atoms with Gasteiger partial charge in [0.2, 0.25) is 0 Å². The first kappa shape index (κ1) is 14.2. The molecule has 0 radical (unpaired) electrons. The summed E-state index contributed by atoms with van der Waals surface area (Å²) in [7, 11) is 0. The molecule has 106 valence electrons. The number of carbonyl (C=O) groups excluding carboxylic acids is 1. The Balaban J connectivity index is 2.32. The number of hydrogen-bond acceptors (Lipinski definition) is 2. The van der Waals surface area contributed by atoms with E-state index in [0.717, 1.165) is 11.6 Å². The molecule has 0 aliphatic rings. The smallest absolute Gasteiger partial charge is 0.355 e. The molecule has 3 nitrogen and oxygen atoms in total. The molecule has 0 atom stereocenters. The highest BCUT2D eigenvalue weighted by atomic mass is 19.1. The van der Waals surface area contributed by atoms with Crippen LogP contribution < -0.4 is 0 Å². The van der Waals surface area contributed by atoms with Crippen LogP contribution in [-0.4, -0.2) is 17.1 Å². The van der Waals surface area contributed by atoms with Crippen molar-refractivity contribution in [2.24, 2.45) is 0 Å². The molecule has 0 saturated carbocycles. The van der Waals surface area contributed by atoms with Gasteiger partial charge in [-0.1, -0.05) is 6.07 Å². The highest BCUT2D eigenvalue weighted by Gasteiger charge is 2.16. The van der Waals surface area contributed by atoms with Crippen molar-refractivity contribution in [1.29, 1.82) is 0 Å². The molecule has 0 saturated heterocycles. The van der Waals surface area contributed by atoms with Gasteiger partial charge in [-0.05, 0) is 31.5 Å². The van der Waals surface area contributed by atoms with Crippen molar-refractivity contribution in [1.82, 2.24) is 4.57 Å². The number of nitrogens with zero attached hydrogens (tertiary/aromatic N) is 1. The van der Waals surface area contributed by atoms with E-state index in [1.807, 2.05) is 0 Å². The fourth-order valence-corrected chi connectivity index (χ4v) is 2.02. The zero-order valence-corrected chi connectivity index (χ0v) is 11.3. The molecular weight excluding hydrogens is 264 g/mol. The first-order valence-electron chi connectivity index (χ1n) is 6.29. The Morgan fingerprint density at radius 3 is 2.70 bits per heavy atom. The van der Waals surface area contributed by atoms with E-state index in [0.29, 0.717) is 11.3 Å². The van der Waals surface area contributed by atoms with Crippen LogP contribution in [0.15, 0.2) is 30.5 Å². The number of aryl methyl sites for hydroxylation is 1. The van der Waals surface area contributed by atoms with Crippen molar-refractivity contribution in [3.05, 3.63) is 58.9 Å². The Morgan fingerprint density at radius 1 is 1.30 bits per heavy atom. The highest BCUT2D eigenvalue weighted by Crippen LogP contribution is 2.16. The summed E-state index contributed by atoms with van der Waals surface area (Å²) in [6.45, 7) is 3.92. The highest BCUT2D eigenvalue weighted by molar-refractivity contribution is 5.89. The SMILES string of the molecule is CCOC(=O)c1c(C)ccn1Cc1ccc(F)cc1F. The number of ether oxygens (including phenoxy) is 1. The van der Waals surface area contributed by atoms with Crippen LogP contribution in [0.3, 0.4) is 0 Å². The fraction of sp³-hybridized carbons (Fsp3) is 0.267. The standard InChI is InChI=1S/C15H15F2NO2/c1-3-20-15(19)14-10(2)6-7-18(14)9-11-4-5-12(16)8-13(11)17/h4-8H,3,9H2,1-2H3. The normalized spacial score (nSPS) is 10.6. The van der Waals surface area contributed by atoms with Crippen LogP contribution >= 0.6 is 0 Å². The molecule has 2 rings (SSSR count). The Kier molecular flexibility index (Phi) is 4.17. The summed E-state index contributed by atoms with van der Waals surface area (Å²) in [6, 6.07) is 5.15. The van der Waals surface area contributed by atoms with Crippen LogP contribution in [0.25, 0.3) is 0 Å². The van der Waals surface area contributed by atoms with Crippen molar-refractivity contribution in [3.63, 3.8) is 0 Å². The summed E-state index contributed by atoms with van der Waals surface area (Å²) in [4.78, 5) is 11.9. The molecule has 1 heterocycles. The van der Waals surface area contributed by atoms with Crippen LogP contribution in [0.5, 0.6) is 0 Å². The third kappa shape index (κ3) is 2.87. The van der Waals surface area contributed by atoms with Crippen molar-refractivity contribution in [2.75, 3.05) is 6.61 Å². The molecule has 0 fully saturated rings. The molecule has 20 heavy (non-hydrogen) atoms. The van der Waals surface area contributed by atoms with Crippen molar-refractivity contribution in [3.8, 4) is 0 Å². The van der Waals surface area contributed by atoms with Gasteiger partial charge in [0.25, 0.3) is 0 Å². The maximum Gasteiger partial charge on any atom is 0.355 e. The van der Waals surface area contributed by atoms with Crippen molar-refractivity contribution >= 4 is 5.97 Å². The topological polar surface area (TPSA) is 31.2 Å². The quantitative estimate of drug-likeness (QED) is 0.804. The van der Waals surface area contributed by atoms with Crippen LogP contribution in [-0.2, 0) is 11.3 Å². The van der Waals surface area contributed by atoms with Gasteiger partial charge in [0.05, 0.1) is 13.2 Å². The molecule has 1 aromatic carbocycles. The summed E-state index contributed by atoms with van der Waals surface area (Å²) in [5.74, 6) is -1.70. The Labute approximate surface area is 115 Å². The Hall–Kier alpha value is -2.17. The van der Waals surface area contributed by atoms with E-state index in [1.165, 1.54) is 12.1 Å². The van der Waals surface area contributed by atoms with Gasteiger partial charge < -0.3 is 9.30 Å². The third-order valence-electron chi connectivity index (χ3n) is 2.99. The summed E-state index contributed by atoms with van der Waals surface area (Å²) < 4.78 is 33.1. The van der Waals surface area contributed by atoms with Gasteiger partial charge in [-0.15, -0.1) is 0 Å². The van der Waals surface area contributed by atoms with E-state index in [4.69, 9.17) is 4.74 Å². The number of hydrogen-bond donors (Lipinski definition) is 0. The average Bonchev–Trinajstić information content (AvgIpc) is 2.74. The van der Waals surface area contributed by atoms with E-state index in [-0.39, 0.29) is 13.2 Å². The molecule has 1 aromatic heterocycles. The largest absolute Gasteiger partial charge is 0.461 e. The predicted octanol–water partition coefficient (Wildman–Crippen LogP) is 3.30. The molecule has 0 aliphatic heterocycles. The second-order valence-corrected chi connectivity index (χ2v) is 4.43. The van der Waals surface area contributed by atoms with E-state index < -0.39 is 17.6 Å². The molecular formula is C15H15F2NO2. The lowest BCUT2D eigenvalue weighted by Gasteiger charge is -2.10. The molecule has 5 heteroatoms. The second kappa shape index (κ2) is 5.86. The fourth-order valence-electron chi connectivity index (χ4n) is 2.02. The maximum atomic E-state index is 13.7. The van der Waals surface area contributed by atoms with Gasteiger partial charge in [0.1, 0.15) is 17.3 Å². The van der Waals surface area contributed by atoms with Gasteiger partial charge in [0, 0.05) is 17.8 Å². The number of rotatable bonds is 4. The lowest BCUT2D eigenvalue weighted by Crippen LogP contribution is -2.14. The molecule has 2 aromatic rings. The molecule has 0 amide bonds. The minimum absolute atomic E-state index is 0.147. The third-order valence-corrected chi connectivity index (χ3v) is 2.99. The number of carbonyl (C=O) groups is 1. The number of benzene rings is 1. The van der Waals surface area contributed by atoms with Crippen LogP contribution in [0.2, 0.25) is 0 Å². The molecule has 0 aliphatic carbocycles. The van der Waals surface area contributed by atoms with Gasteiger partial charge in [-0.2, -0.15) is 0 Å². The van der Waals surface area contributed by atoms with Gasteiger partial charge in [0.15, 0.2) is 0 Å². The predicted molar refractivity (Wildman–Crippen MR) is 70.6 cm³/mol. The lowest BCUT2D eigenvalue weighted by atomic mass is 10.2. The minimum Gasteiger partial charge on any atom is -0.461 e. The molecule has 0 spiro atoms. The molecule has 0 N–H and O–H groups in total. The number of aromatic nitrogens is 1. The van der Waals surface area contributed by atoms with E-state index in [9.17, 15) is 13.6 Å². The molecule has 0 bridgehead atoms. The maximum absolute atomic E-state index is 13.7. The van der Waals surface area contributed by atoms with Gasteiger partial charge in [-0.25, -0.2) is 13.6 Å². The first-order valence-corrected chi connectivity index (χ1v) is 6.29. The second-order valence-electron chi connectivity index (χ2n) is 4.43. The number of esters is 1. The molecule has 0 unspecified atom stereocenters. The zero-order chi connectivity index (χ0) is 14.7. The summed E-state index contributed by atoms with van der Waals surface area (Å²) in [5.41, 5.74) is 1.45. The number of halogens is 2. The Bertz CT molecular complexity index is 635. The zero-order valence-electron chi connectivity index (χ0n) is 11.3. The van der Waals surface area contributed by atoms with E-state index in [2.05, 4.69) is 0 Å². The summed E-state index contributed by atoms with van der Waals surface area (Å²) >= 11 is 0. The van der Waals surface area contributed by atoms with Crippen LogP contribution in [0.4, 0.5) is 8.78 Å². The average molecular weight is 279 g/mol. The van der Waals surface area contributed by atoms with Crippen molar-refractivity contribution in [2.45, 2.75) is 20.4 Å². The Morgan fingerprint density at radius 2 is 2.05 bits per heavy atom. The monoisotopic (exact) mass is 279 g/mol.